The van der Waals surface area contributed by atoms with E-state index in [2.05, 4.69) is 4.98 Å². The van der Waals surface area contributed by atoms with Crippen molar-refractivity contribution in [3.05, 3.63) is 77.1 Å². The Bertz CT molecular complexity index is 909. The van der Waals surface area contributed by atoms with Crippen LogP contribution < -0.4 is 0 Å². The van der Waals surface area contributed by atoms with Crippen molar-refractivity contribution in [1.82, 2.24) is 9.88 Å². The van der Waals surface area contributed by atoms with Crippen LogP contribution in [0.5, 0.6) is 0 Å². The van der Waals surface area contributed by atoms with E-state index in [-0.39, 0.29) is 11.3 Å². The van der Waals surface area contributed by atoms with Crippen molar-refractivity contribution in [1.29, 1.82) is 0 Å². The number of carbonyl (C=O) groups is 1. The lowest BCUT2D eigenvalue weighted by Crippen LogP contribution is -2.31. The third kappa shape index (κ3) is 2.66. The molecule has 0 N–H and O–H groups in total. The van der Waals surface area contributed by atoms with Crippen molar-refractivity contribution in [3.63, 3.8) is 0 Å². The first-order chi connectivity index (χ1) is 11.8. The molecule has 1 fully saturated rings. The molecule has 3 nitrogen and oxygen atoms in total. The van der Waals surface area contributed by atoms with Gasteiger partial charge in [0.15, 0.2) is 0 Å². The lowest BCUT2D eigenvalue weighted by atomic mass is 10.1. The van der Waals surface area contributed by atoms with Crippen LogP contribution in [0.4, 0.5) is 0 Å². The Morgan fingerprint density at radius 2 is 1.92 bits per heavy atom. The molecule has 0 saturated carbocycles. The molecule has 3 aromatic rings. The zero-order valence-electron chi connectivity index (χ0n) is 12.9. The monoisotopic (exact) mass is 354 g/mol. The maximum atomic E-state index is 13.2. The largest absolute Gasteiger partial charge is 0.320 e. The fourth-order valence-corrected chi connectivity index (χ4v) is 4.63. The zero-order valence-corrected chi connectivity index (χ0v) is 14.4. The van der Waals surface area contributed by atoms with E-state index in [0.717, 1.165) is 22.1 Å². The maximum absolute atomic E-state index is 13.2. The van der Waals surface area contributed by atoms with Gasteiger partial charge in [-0.15, -0.1) is 11.8 Å². The molecular formula is C19H15ClN2OS. The van der Waals surface area contributed by atoms with Crippen LogP contribution in [0.3, 0.4) is 0 Å². The second kappa shape index (κ2) is 6.46. The molecule has 1 aliphatic rings. The highest BCUT2D eigenvalue weighted by atomic mass is 35.5. The Labute approximate surface area is 149 Å². The first-order valence-corrected chi connectivity index (χ1v) is 9.19. The number of carbonyl (C=O) groups excluding carboxylic acids is 1. The summed E-state index contributed by atoms with van der Waals surface area (Å²) in [6, 6.07) is 17.5. The van der Waals surface area contributed by atoms with Crippen LogP contribution >= 0.6 is 23.4 Å². The summed E-state index contributed by atoms with van der Waals surface area (Å²) >= 11 is 8.09. The van der Waals surface area contributed by atoms with Crippen molar-refractivity contribution >= 4 is 40.0 Å². The van der Waals surface area contributed by atoms with Gasteiger partial charge >= 0.3 is 0 Å². The smallest absolute Gasteiger partial charge is 0.274 e. The fourth-order valence-electron chi connectivity index (χ4n) is 3.04. The van der Waals surface area contributed by atoms with E-state index in [1.54, 1.807) is 18.0 Å². The Hall–Kier alpha value is -2.04. The molecular weight excluding hydrogens is 340 g/mol. The van der Waals surface area contributed by atoms with Gasteiger partial charge in [-0.2, -0.15) is 0 Å². The molecule has 0 radical (unpaired) electrons. The molecule has 1 amide bonds. The minimum atomic E-state index is -0.0630. The van der Waals surface area contributed by atoms with E-state index in [4.69, 9.17) is 11.6 Å². The van der Waals surface area contributed by atoms with Gasteiger partial charge in [-0.05, 0) is 17.5 Å². The van der Waals surface area contributed by atoms with Gasteiger partial charge in [0.1, 0.15) is 11.1 Å². The second-order valence-electron chi connectivity index (χ2n) is 5.62. The number of amides is 1. The number of benzene rings is 2. The van der Waals surface area contributed by atoms with E-state index in [0.29, 0.717) is 17.3 Å². The minimum Gasteiger partial charge on any atom is -0.320 e. The number of rotatable bonds is 2. The molecule has 2 aromatic carbocycles. The highest BCUT2D eigenvalue weighted by Gasteiger charge is 2.33. The molecule has 0 bridgehead atoms. The first kappa shape index (κ1) is 15.5. The molecule has 1 atom stereocenters. The maximum Gasteiger partial charge on any atom is 0.274 e. The number of hydrogen-bond acceptors (Lipinski definition) is 3. The summed E-state index contributed by atoms with van der Waals surface area (Å²) in [6.07, 6.45) is 1.70. The topological polar surface area (TPSA) is 33.2 Å². The van der Waals surface area contributed by atoms with Gasteiger partial charge in [0.2, 0.25) is 0 Å². The van der Waals surface area contributed by atoms with Crippen LogP contribution in [0.2, 0.25) is 5.02 Å². The average Bonchev–Trinajstić information content (AvgIpc) is 3.10. The van der Waals surface area contributed by atoms with E-state index in [9.17, 15) is 4.79 Å². The summed E-state index contributed by atoms with van der Waals surface area (Å²) in [5.41, 5.74) is 1.49. The van der Waals surface area contributed by atoms with Crippen LogP contribution in [0.25, 0.3) is 10.8 Å². The molecule has 120 valence electrons. The predicted octanol–water partition coefficient (Wildman–Crippen LogP) is 4.78. The normalized spacial score (nSPS) is 17.4. The van der Waals surface area contributed by atoms with Crippen molar-refractivity contribution in [2.24, 2.45) is 0 Å². The molecule has 2 heterocycles. The SMILES string of the molecule is O=C(c1nccc2ccccc12)N1CCSC1c1ccccc1Cl. The van der Waals surface area contributed by atoms with Gasteiger partial charge in [-0.25, -0.2) is 0 Å². The molecule has 5 heteroatoms. The number of fused-ring (bicyclic) bond motifs is 1. The van der Waals surface area contributed by atoms with E-state index in [1.165, 1.54) is 0 Å². The molecule has 1 aromatic heterocycles. The summed E-state index contributed by atoms with van der Waals surface area (Å²) in [5, 5.41) is 2.55. The lowest BCUT2D eigenvalue weighted by molar-refractivity contribution is 0.0756. The fraction of sp³-hybridized carbons (Fsp3) is 0.158. The summed E-state index contributed by atoms with van der Waals surface area (Å²) in [4.78, 5) is 19.4. The van der Waals surface area contributed by atoms with Gasteiger partial charge in [-0.1, -0.05) is 54.1 Å². The van der Waals surface area contributed by atoms with Gasteiger partial charge in [0.25, 0.3) is 5.91 Å². The molecule has 0 spiro atoms. The predicted molar refractivity (Wildman–Crippen MR) is 99.4 cm³/mol. The highest BCUT2D eigenvalue weighted by Crippen LogP contribution is 2.41. The van der Waals surface area contributed by atoms with Crippen LogP contribution in [-0.2, 0) is 0 Å². The Morgan fingerprint density at radius 1 is 1.12 bits per heavy atom. The van der Waals surface area contributed by atoms with Crippen molar-refractivity contribution in [2.75, 3.05) is 12.3 Å². The van der Waals surface area contributed by atoms with Crippen LogP contribution in [-0.4, -0.2) is 28.1 Å². The number of hydrogen-bond donors (Lipinski definition) is 0. The Morgan fingerprint density at radius 3 is 2.79 bits per heavy atom. The van der Waals surface area contributed by atoms with Gasteiger partial charge in [-0.3, -0.25) is 9.78 Å². The van der Waals surface area contributed by atoms with E-state index in [1.807, 2.05) is 59.5 Å². The molecule has 1 unspecified atom stereocenters. The quantitative estimate of drug-likeness (QED) is 0.664. The van der Waals surface area contributed by atoms with Crippen LogP contribution in [0, 0.1) is 0 Å². The third-order valence-electron chi connectivity index (χ3n) is 4.20. The molecule has 24 heavy (non-hydrogen) atoms. The van der Waals surface area contributed by atoms with E-state index < -0.39 is 0 Å². The number of nitrogens with zero attached hydrogens (tertiary/aromatic N) is 2. The van der Waals surface area contributed by atoms with Gasteiger partial charge in [0, 0.05) is 34.5 Å². The Kier molecular flexibility index (Phi) is 4.17. The van der Waals surface area contributed by atoms with Gasteiger partial charge < -0.3 is 4.90 Å². The van der Waals surface area contributed by atoms with E-state index >= 15 is 0 Å². The molecule has 1 saturated heterocycles. The number of pyridine rings is 1. The summed E-state index contributed by atoms with van der Waals surface area (Å²) in [6.45, 7) is 0.699. The van der Waals surface area contributed by atoms with Crippen molar-refractivity contribution in [2.45, 2.75) is 5.37 Å². The highest BCUT2D eigenvalue weighted by molar-refractivity contribution is 7.99. The summed E-state index contributed by atoms with van der Waals surface area (Å²) in [5.74, 6) is 0.855. The Balaban J connectivity index is 1.74. The van der Waals surface area contributed by atoms with Gasteiger partial charge in [0.05, 0.1) is 0 Å². The van der Waals surface area contributed by atoms with Crippen LogP contribution in [0.1, 0.15) is 21.4 Å². The first-order valence-electron chi connectivity index (χ1n) is 7.76. The molecule has 4 rings (SSSR count). The van der Waals surface area contributed by atoms with Crippen molar-refractivity contribution in [3.8, 4) is 0 Å². The van der Waals surface area contributed by atoms with Crippen LogP contribution in [0.15, 0.2) is 60.8 Å². The summed E-state index contributed by atoms with van der Waals surface area (Å²) < 4.78 is 0. The second-order valence-corrected chi connectivity index (χ2v) is 7.22. The third-order valence-corrected chi connectivity index (χ3v) is 5.79. The minimum absolute atomic E-state index is 0.0401. The molecule has 0 aliphatic carbocycles. The van der Waals surface area contributed by atoms with Crippen molar-refractivity contribution < 1.29 is 4.79 Å². The summed E-state index contributed by atoms with van der Waals surface area (Å²) in [7, 11) is 0. The standard InChI is InChI=1S/C19H15ClN2OS/c20-16-8-4-3-7-15(16)19-22(11-12-24-19)18(23)17-14-6-2-1-5-13(14)9-10-21-17/h1-10,19H,11-12H2. The average molecular weight is 355 g/mol. The molecule has 1 aliphatic heterocycles. The zero-order chi connectivity index (χ0) is 16.5. The number of thioether (sulfide) groups is 1. The lowest BCUT2D eigenvalue weighted by Gasteiger charge is -2.25. The number of aromatic nitrogens is 1. The number of halogens is 1.